The smallest absolute Gasteiger partial charge is 0.181 e. The molecule has 1 atom stereocenters. The maximum Gasteiger partial charge on any atom is 0.181 e. The Morgan fingerprint density at radius 2 is 1.70 bits per heavy atom. The average molecular weight is 363 g/mol. The third-order valence-corrected chi connectivity index (χ3v) is 5.02. The van der Waals surface area contributed by atoms with Crippen LogP contribution in [0.3, 0.4) is 0 Å². The number of hydrogen-bond donors (Lipinski definition) is 1. The summed E-state index contributed by atoms with van der Waals surface area (Å²) in [5.74, 6) is -1.57. The molecule has 124 valence electrons. The summed E-state index contributed by atoms with van der Waals surface area (Å²) in [4.78, 5) is -0.0993. The van der Waals surface area contributed by atoms with Crippen molar-refractivity contribution in [2.24, 2.45) is 0 Å². The fraction of sp³-hybridized carbons (Fsp3) is 0.200. The SMILES string of the molecule is O=S(=O)(C[C@@H](O)COc1ccc(F)cc1Cl)c1ccc(F)cc1. The van der Waals surface area contributed by atoms with Gasteiger partial charge in [-0.3, -0.25) is 0 Å². The van der Waals surface area contributed by atoms with E-state index >= 15 is 0 Å². The molecule has 2 aromatic rings. The Labute approximate surface area is 137 Å². The van der Waals surface area contributed by atoms with Gasteiger partial charge in [0, 0.05) is 0 Å². The zero-order valence-electron chi connectivity index (χ0n) is 11.7. The monoisotopic (exact) mass is 362 g/mol. The molecule has 0 unspecified atom stereocenters. The summed E-state index contributed by atoms with van der Waals surface area (Å²) in [6.07, 6.45) is -1.33. The minimum atomic E-state index is -3.79. The Hall–Kier alpha value is -1.70. The Morgan fingerprint density at radius 1 is 1.09 bits per heavy atom. The first-order valence-corrected chi connectivity index (χ1v) is 8.55. The molecule has 2 aromatic carbocycles. The second kappa shape index (κ2) is 7.25. The maximum atomic E-state index is 12.9. The van der Waals surface area contributed by atoms with Crippen molar-refractivity contribution < 1.29 is 27.0 Å². The summed E-state index contributed by atoms with van der Waals surface area (Å²) in [5.41, 5.74) is 0. The zero-order chi connectivity index (χ0) is 17.0. The highest BCUT2D eigenvalue weighted by molar-refractivity contribution is 7.91. The predicted molar refractivity (Wildman–Crippen MR) is 81.4 cm³/mol. The van der Waals surface area contributed by atoms with Crippen LogP contribution in [-0.2, 0) is 9.84 Å². The van der Waals surface area contributed by atoms with E-state index < -0.39 is 33.3 Å². The summed E-state index contributed by atoms with van der Waals surface area (Å²) in [6, 6.07) is 7.73. The van der Waals surface area contributed by atoms with Gasteiger partial charge < -0.3 is 9.84 Å². The lowest BCUT2D eigenvalue weighted by molar-refractivity contribution is 0.125. The van der Waals surface area contributed by atoms with Crippen molar-refractivity contribution in [3.8, 4) is 5.75 Å². The summed E-state index contributed by atoms with van der Waals surface area (Å²) in [7, 11) is -3.79. The first kappa shape index (κ1) is 17.7. The molecular weight excluding hydrogens is 350 g/mol. The highest BCUT2D eigenvalue weighted by Gasteiger charge is 2.20. The van der Waals surface area contributed by atoms with Gasteiger partial charge in [-0.05, 0) is 42.5 Å². The summed E-state index contributed by atoms with van der Waals surface area (Å²) < 4.78 is 55.0. The molecule has 23 heavy (non-hydrogen) atoms. The molecule has 0 heterocycles. The summed E-state index contributed by atoms with van der Waals surface area (Å²) >= 11 is 5.76. The second-order valence-corrected chi connectivity index (χ2v) is 7.22. The standard InChI is InChI=1S/C15H13ClF2O4S/c16-14-7-11(18)3-6-15(14)22-8-12(19)9-23(20,21)13-4-1-10(17)2-5-13/h1-7,12,19H,8-9H2/t12-/m0/s1. The van der Waals surface area contributed by atoms with E-state index in [1.807, 2.05) is 0 Å². The minimum Gasteiger partial charge on any atom is -0.489 e. The van der Waals surface area contributed by atoms with E-state index in [9.17, 15) is 22.3 Å². The van der Waals surface area contributed by atoms with Crippen LogP contribution < -0.4 is 4.74 Å². The number of sulfone groups is 1. The van der Waals surface area contributed by atoms with Gasteiger partial charge in [-0.1, -0.05) is 11.6 Å². The number of halogens is 3. The molecule has 0 aliphatic rings. The quantitative estimate of drug-likeness (QED) is 0.803. The van der Waals surface area contributed by atoms with Crippen LogP contribution in [0.1, 0.15) is 0 Å². The van der Waals surface area contributed by atoms with Crippen molar-refractivity contribution in [3.05, 3.63) is 59.1 Å². The van der Waals surface area contributed by atoms with Gasteiger partial charge in [0.2, 0.25) is 0 Å². The molecule has 0 aromatic heterocycles. The van der Waals surface area contributed by atoms with Crippen molar-refractivity contribution in [2.45, 2.75) is 11.0 Å². The Balaban J connectivity index is 1.98. The highest BCUT2D eigenvalue weighted by Crippen LogP contribution is 2.25. The van der Waals surface area contributed by atoms with Gasteiger partial charge in [-0.25, -0.2) is 17.2 Å². The van der Waals surface area contributed by atoms with Crippen LogP contribution in [-0.4, -0.2) is 32.0 Å². The lowest BCUT2D eigenvalue weighted by atomic mass is 10.3. The van der Waals surface area contributed by atoms with Crippen molar-refractivity contribution in [3.63, 3.8) is 0 Å². The topological polar surface area (TPSA) is 63.6 Å². The van der Waals surface area contributed by atoms with Gasteiger partial charge in [0.15, 0.2) is 9.84 Å². The molecule has 4 nitrogen and oxygen atoms in total. The molecule has 1 N–H and O–H groups in total. The van der Waals surface area contributed by atoms with Crippen LogP contribution >= 0.6 is 11.6 Å². The summed E-state index contributed by atoms with van der Waals surface area (Å²) in [5, 5.41) is 9.82. The molecular formula is C15H13ClF2O4S. The second-order valence-electron chi connectivity index (χ2n) is 4.77. The van der Waals surface area contributed by atoms with Crippen molar-refractivity contribution in [2.75, 3.05) is 12.4 Å². The van der Waals surface area contributed by atoms with E-state index in [4.69, 9.17) is 16.3 Å². The Bertz CT molecular complexity index is 779. The Kier molecular flexibility index (Phi) is 5.56. The molecule has 0 saturated heterocycles. The normalized spacial score (nSPS) is 12.9. The van der Waals surface area contributed by atoms with E-state index in [0.717, 1.165) is 36.4 Å². The van der Waals surface area contributed by atoms with Gasteiger partial charge in [0.05, 0.1) is 15.7 Å². The molecule has 0 aliphatic carbocycles. The van der Waals surface area contributed by atoms with Gasteiger partial charge in [-0.15, -0.1) is 0 Å². The molecule has 0 spiro atoms. The van der Waals surface area contributed by atoms with E-state index in [1.54, 1.807) is 0 Å². The first-order chi connectivity index (χ1) is 10.8. The number of rotatable bonds is 6. The highest BCUT2D eigenvalue weighted by atomic mass is 35.5. The number of aliphatic hydroxyl groups excluding tert-OH is 1. The van der Waals surface area contributed by atoms with Crippen LogP contribution in [0.2, 0.25) is 5.02 Å². The average Bonchev–Trinajstić information content (AvgIpc) is 2.46. The molecule has 0 bridgehead atoms. The van der Waals surface area contributed by atoms with Gasteiger partial charge in [0.25, 0.3) is 0 Å². The fourth-order valence-electron chi connectivity index (χ4n) is 1.82. The van der Waals surface area contributed by atoms with Gasteiger partial charge in [-0.2, -0.15) is 0 Å². The third-order valence-electron chi connectivity index (χ3n) is 2.91. The number of hydrogen-bond acceptors (Lipinski definition) is 4. The van der Waals surface area contributed by atoms with Crippen LogP contribution in [0.5, 0.6) is 5.75 Å². The lowest BCUT2D eigenvalue weighted by Gasteiger charge is -2.13. The summed E-state index contributed by atoms with van der Waals surface area (Å²) in [6.45, 7) is -0.341. The maximum absolute atomic E-state index is 12.9. The fourth-order valence-corrected chi connectivity index (χ4v) is 3.39. The minimum absolute atomic E-state index is 0.0126. The molecule has 0 saturated carbocycles. The van der Waals surface area contributed by atoms with Gasteiger partial charge >= 0.3 is 0 Å². The van der Waals surface area contributed by atoms with Crippen LogP contribution in [0.15, 0.2) is 47.4 Å². The van der Waals surface area contributed by atoms with Gasteiger partial charge in [0.1, 0.15) is 30.1 Å². The predicted octanol–water partition coefficient (Wildman–Crippen LogP) is 2.83. The molecule has 8 heteroatoms. The number of benzene rings is 2. The Morgan fingerprint density at radius 3 is 2.30 bits per heavy atom. The first-order valence-electron chi connectivity index (χ1n) is 6.52. The molecule has 2 rings (SSSR count). The van der Waals surface area contributed by atoms with Crippen molar-refractivity contribution in [1.82, 2.24) is 0 Å². The van der Waals surface area contributed by atoms with E-state index in [2.05, 4.69) is 0 Å². The lowest BCUT2D eigenvalue weighted by Crippen LogP contribution is -2.27. The van der Waals surface area contributed by atoms with Crippen molar-refractivity contribution >= 4 is 21.4 Å². The third kappa shape index (κ3) is 4.89. The number of aliphatic hydroxyl groups is 1. The van der Waals surface area contributed by atoms with Crippen LogP contribution in [0.25, 0.3) is 0 Å². The van der Waals surface area contributed by atoms with E-state index in [0.29, 0.717) is 0 Å². The largest absolute Gasteiger partial charge is 0.489 e. The zero-order valence-corrected chi connectivity index (χ0v) is 13.3. The molecule has 0 amide bonds. The molecule has 0 fully saturated rings. The number of ether oxygens (including phenoxy) is 1. The molecule has 0 radical (unpaired) electrons. The van der Waals surface area contributed by atoms with Crippen LogP contribution in [0.4, 0.5) is 8.78 Å². The van der Waals surface area contributed by atoms with Crippen molar-refractivity contribution in [1.29, 1.82) is 0 Å². The van der Waals surface area contributed by atoms with E-state index in [1.165, 1.54) is 6.07 Å². The van der Waals surface area contributed by atoms with Crippen LogP contribution in [0, 0.1) is 11.6 Å². The molecule has 0 aliphatic heterocycles. The van der Waals surface area contributed by atoms with E-state index in [-0.39, 0.29) is 22.3 Å².